The lowest BCUT2D eigenvalue weighted by Crippen LogP contribution is -2.44. The Balaban J connectivity index is 1.34. The van der Waals surface area contributed by atoms with Crippen LogP contribution in [0.3, 0.4) is 0 Å². The molecule has 0 aromatic carbocycles. The zero-order chi connectivity index (χ0) is 24.2. The van der Waals surface area contributed by atoms with Crippen molar-refractivity contribution in [2.75, 3.05) is 30.0 Å². The number of hydrogen-bond donors (Lipinski definition) is 2. The number of nitrogens with one attached hydrogen (secondary N) is 2. The summed E-state index contributed by atoms with van der Waals surface area (Å²) in [5.41, 5.74) is 1.25. The summed E-state index contributed by atoms with van der Waals surface area (Å²) in [7, 11) is -3.30. The first-order valence-electron chi connectivity index (χ1n) is 12.4. The lowest BCUT2D eigenvalue weighted by atomic mass is 10.2. The Hall–Kier alpha value is -2.79. The maximum atomic E-state index is 13.4. The van der Waals surface area contributed by atoms with Crippen LogP contribution >= 0.6 is 0 Å². The fourth-order valence-electron chi connectivity index (χ4n) is 4.67. The Labute approximate surface area is 204 Å². The summed E-state index contributed by atoms with van der Waals surface area (Å²) in [6.07, 6.45) is 6.30. The molecule has 0 radical (unpaired) electrons. The van der Waals surface area contributed by atoms with E-state index in [1.165, 1.54) is 0 Å². The molecule has 1 atom stereocenters. The molecule has 6 rings (SSSR count). The van der Waals surface area contributed by atoms with Crippen LogP contribution in [0.4, 0.5) is 16.4 Å². The number of ether oxygens (including phenoxy) is 1. The number of aromatic nitrogens is 3. The minimum atomic E-state index is -3.30. The molecule has 2 aromatic heterocycles. The first-order valence-corrected chi connectivity index (χ1v) is 13.9. The average Bonchev–Trinajstić information content (AvgIpc) is 3.70. The molecule has 3 heterocycles. The molecule has 2 amide bonds. The van der Waals surface area contributed by atoms with E-state index in [4.69, 9.17) is 14.7 Å². The van der Waals surface area contributed by atoms with Crippen molar-refractivity contribution < 1.29 is 17.9 Å². The van der Waals surface area contributed by atoms with Crippen LogP contribution in [0, 0.1) is 0 Å². The Morgan fingerprint density at radius 1 is 1.17 bits per heavy atom. The molecule has 3 saturated carbocycles. The van der Waals surface area contributed by atoms with Gasteiger partial charge in [0.1, 0.15) is 16.4 Å². The third-order valence-electron chi connectivity index (χ3n) is 7.23. The van der Waals surface area contributed by atoms with Gasteiger partial charge in [0, 0.05) is 30.4 Å². The highest BCUT2D eigenvalue weighted by Gasteiger charge is 2.61. The molecule has 2 aromatic rings. The molecule has 186 valence electrons. The number of carbonyl (C=O) groups excluding carboxylic acids is 1. The van der Waals surface area contributed by atoms with Gasteiger partial charge in [0.25, 0.3) is 0 Å². The second-order valence-electron chi connectivity index (χ2n) is 10.1. The van der Waals surface area contributed by atoms with Crippen LogP contribution in [-0.2, 0) is 19.3 Å². The van der Waals surface area contributed by atoms with Gasteiger partial charge in [-0.05, 0) is 57.6 Å². The van der Waals surface area contributed by atoms with Crippen molar-refractivity contribution in [3.63, 3.8) is 0 Å². The molecule has 1 saturated heterocycles. The predicted molar refractivity (Wildman–Crippen MR) is 131 cm³/mol. The summed E-state index contributed by atoms with van der Waals surface area (Å²) < 4.78 is 31.4. The summed E-state index contributed by atoms with van der Waals surface area (Å²) in [4.78, 5) is 28.2. The lowest BCUT2D eigenvalue weighted by Gasteiger charge is -2.34. The minimum Gasteiger partial charge on any atom is -0.377 e. The highest BCUT2D eigenvalue weighted by atomic mass is 32.2. The molecule has 35 heavy (non-hydrogen) atoms. The molecule has 2 N–H and O–H groups in total. The Morgan fingerprint density at radius 2 is 1.97 bits per heavy atom. The predicted octanol–water partition coefficient (Wildman–Crippen LogP) is 2.61. The Bertz CT molecular complexity index is 1240. The summed E-state index contributed by atoms with van der Waals surface area (Å²) in [6, 6.07) is 5.49. The number of rotatable bonds is 7. The van der Waals surface area contributed by atoms with E-state index in [9.17, 15) is 13.2 Å². The van der Waals surface area contributed by atoms with E-state index in [0.29, 0.717) is 61.3 Å². The van der Waals surface area contributed by atoms with Gasteiger partial charge in [0.2, 0.25) is 0 Å². The second-order valence-corrected chi connectivity index (χ2v) is 12.6. The smallest absolute Gasteiger partial charge is 0.320 e. The van der Waals surface area contributed by atoms with E-state index in [-0.39, 0.29) is 23.4 Å². The van der Waals surface area contributed by atoms with E-state index in [1.807, 2.05) is 6.07 Å². The molecule has 1 aliphatic heterocycles. The summed E-state index contributed by atoms with van der Waals surface area (Å²) >= 11 is 0. The van der Waals surface area contributed by atoms with Crippen LogP contribution in [0.1, 0.15) is 51.1 Å². The molecule has 3 aliphatic carbocycles. The van der Waals surface area contributed by atoms with Crippen molar-refractivity contribution in [1.29, 1.82) is 0 Å². The Morgan fingerprint density at radius 3 is 2.60 bits per heavy atom. The molecule has 10 nitrogen and oxygen atoms in total. The van der Waals surface area contributed by atoms with E-state index in [2.05, 4.69) is 27.4 Å². The number of sulfone groups is 1. The number of urea groups is 1. The monoisotopic (exact) mass is 498 g/mol. The van der Waals surface area contributed by atoms with Crippen molar-refractivity contribution in [2.24, 2.45) is 0 Å². The molecule has 4 fully saturated rings. The van der Waals surface area contributed by atoms with Gasteiger partial charge in [-0.3, -0.25) is 5.32 Å². The van der Waals surface area contributed by atoms with Gasteiger partial charge in [-0.15, -0.1) is 0 Å². The SMILES string of the molecule is C[C@H]1COCCN1c1cc(C2(S(=O)(=O)C3CC3)CC2)nc(-c2ccc(NC(=O)NC3CC3)nc2)n1. The lowest BCUT2D eigenvalue weighted by molar-refractivity contribution is 0.0985. The van der Waals surface area contributed by atoms with Gasteiger partial charge < -0.3 is 15.0 Å². The van der Waals surface area contributed by atoms with Gasteiger partial charge in [0.15, 0.2) is 15.7 Å². The topological polar surface area (TPSA) is 126 Å². The van der Waals surface area contributed by atoms with Crippen molar-refractivity contribution in [3.8, 4) is 11.4 Å². The fourth-order valence-corrected chi connectivity index (χ4v) is 7.14. The Kier molecular flexibility index (Phi) is 5.44. The van der Waals surface area contributed by atoms with Crippen LogP contribution in [0.25, 0.3) is 11.4 Å². The van der Waals surface area contributed by atoms with Crippen LogP contribution in [-0.4, -0.2) is 66.5 Å². The standard InChI is InChI=1S/C24H30N6O4S/c1-15-14-34-11-10-30(15)21-12-19(24(8-9-24)35(32,33)18-5-6-18)27-22(29-21)16-2-7-20(25-13-16)28-23(31)26-17-3-4-17/h2,7,12-13,15,17-18H,3-6,8-11,14H2,1H3,(H2,25,26,28,31)/t15-/m0/s1. The molecule has 11 heteroatoms. The molecule has 0 spiro atoms. The number of amides is 2. The molecule has 0 bridgehead atoms. The summed E-state index contributed by atoms with van der Waals surface area (Å²) in [5, 5.41) is 5.36. The van der Waals surface area contributed by atoms with Crippen LogP contribution in [0.5, 0.6) is 0 Å². The second kappa shape index (κ2) is 8.41. The van der Waals surface area contributed by atoms with Crippen molar-refractivity contribution in [2.45, 2.75) is 67.5 Å². The first-order chi connectivity index (χ1) is 16.9. The van der Waals surface area contributed by atoms with Crippen molar-refractivity contribution in [1.82, 2.24) is 20.3 Å². The minimum absolute atomic E-state index is 0.115. The van der Waals surface area contributed by atoms with Crippen LogP contribution < -0.4 is 15.5 Å². The largest absolute Gasteiger partial charge is 0.377 e. The average molecular weight is 499 g/mol. The van der Waals surface area contributed by atoms with E-state index < -0.39 is 14.6 Å². The number of nitrogens with zero attached hydrogens (tertiary/aromatic N) is 4. The number of carbonyl (C=O) groups is 1. The third kappa shape index (κ3) is 4.35. The molecule has 0 unspecified atom stereocenters. The maximum absolute atomic E-state index is 13.4. The zero-order valence-electron chi connectivity index (χ0n) is 19.7. The maximum Gasteiger partial charge on any atom is 0.320 e. The van der Waals surface area contributed by atoms with Crippen LogP contribution in [0.2, 0.25) is 0 Å². The molecular formula is C24H30N6O4S. The number of anilines is 2. The van der Waals surface area contributed by atoms with E-state index in [0.717, 1.165) is 25.7 Å². The van der Waals surface area contributed by atoms with Gasteiger partial charge in [-0.2, -0.15) is 0 Å². The van der Waals surface area contributed by atoms with Gasteiger partial charge in [-0.1, -0.05) is 0 Å². The van der Waals surface area contributed by atoms with Crippen molar-refractivity contribution in [3.05, 3.63) is 30.1 Å². The van der Waals surface area contributed by atoms with E-state index >= 15 is 0 Å². The number of hydrogen-bond acceptors (Lipinski definition) is 8. The summed E-state index contributed by atoms with van der Waals surface area (Å²) in [5.74, 6) is 1.58. The normalized spacial score (nSPS) is 23.6. The van der Waals surface area contributed by atoms with Crippen LogP contribution in [0.15, 0.2) is 24.4 Å². The highest BCUT2D eigenvalue weighted by Crippen LogP contribution is 2.57. The fraction of sp³-hybridized carbons (Fsp3) is 0.583. The third-order valence-corrected chi connectivity index (χ3v) is 10.3. The quantitative estimate of drug-likeness (QED) is 0.597. The molecule has 4 aliphatic rings. The first kappa shape index (κ1) is 22.7. The van der Waals surface area contributed by atoms with E-state index in [1.54, 1.807) is 18.3 Å². The number of morpholine rings is 1. The van der Waals surface area contributed by atoms with Gasteiger partial charge in [0.05, 0.1) is 30.2 Å². The van der Waals surface area contributed by atoms with Gasteiger partial charge >= 0.3 is 6.03 Å². The van der Waals surface area contributed by atoms with Crippen molar-refractivity contribution >= 4 is 27.5 Å². The number of pyridine rings is 1. The zero-order valence-corrected chi connectivity index (χ0v) is 20.6. The highest BCUT2D eigenvalue weighted by molar-refractivity contribution is 7.93. The molecular weight excluding hydrogens is 468 g/mol. The summed E-state index contributed by atoms with van der Waals surface area (Å²) in [6.45, 7) is 3.93. The van der Waals surface area contributed by atoms with Gasteiger partial charge in [-0.25, -0.2) is 28.2 Å².